The number of imidazole rings is 1. The van der Waals surface area contributed by atoms with Crippen LogP contribution in [0, 0.1) is 0 Å². The third-order valence-electron chi connectivity index (χ3n) is 3.58. The van der Waals surface area contributed by atoms with E-state index in [1.165, 1.54) is 0 Å². The van der Waals surface area contributed by atoms with Crippen LogP contribution in [-0.4, -0.2) is 26.7 Å². The van der Waals surface area contributed by atoms with Gasteiger partial charge in [0.05, 0.1) is 11.9 Å². The average Bonchev–Trinajstić information content (AvgIpc) is 2.98. The Labute approximate surface area is 139 Å². The van der Waals surface area contributed by atoms with Gasteiger partial charge in [-0.1, -0.05) is 0 Å². The summed E-state index contributed by atoms with van der Waals surface area (Å²) in [6.45, 7) is 4.14. The van der Waals surface area contributed by atoms with Gasteiger partial charge < -0.3 is 9.88 Å². The topological polar surface area (TPSA) is 59.8 Å². The van der Waals surface area contributed by atoms with Crippen LogP contribution in [0.2, 0.25) is 0 Å². The van der Waals surface area contributed by atoms with Crippen molar-refractivity contribution in [3.63, 3.8) is 0 Å². The molecule has 0 aliphatic carbocycles. The minimum absolute atomic E-state index is 0.185. The number of carbonyl (C=O) groups is 1. The Morgan fingerprint density at radius 1 is 1.22 bits per heavy atom. The highest BCUT2D eigenvalue weighted by Crippen LogP contribution is 2.19. The van der Waals surface area contributed by atoms with Crippen LogP contribution >= 0.6 is 11.8 Å². The highest BCUT2D eigenvalue weighted by atomic mass is 32.2. The number of nitrogens with zero attached hydrogens (tertiary/aromatic N) is 3. The van der Waals surface area contributed by atoms with Gasteiger partial charge in [-0.3, -0.25) is 4.79 Å². The Morgan fingerprint density at radius 3 is 2.61 bits per heavy atom. The summed E-state index contributed by atoms with van der Waals surface area (Å²) in [6, 6.07) is 9.79. The monoisotopic (exact) mass is 326 g/mol. The van der Waals surface area contributed by atoms with Gasteiger partial charge in [-0.2, -0.15) is 0 Å². The second kappa shape index (κ2) is 6.42. The maximum absolute atomic E-state index is 12.4. The molecule has 23 heavy (non-hydrogen) atoms. The first kappa shape index (κ1) is 15.6. The van der Waals surface area contributed by atoms with Crippen molar-refractivity contribution in [2.75, 3.05) is 11.6 Å². The number of amides is 1. The lowest BCUT2D eigenvalue weighted by Crippen LogP contribution is -2.12. The Kier molecular flexibility index (Phi) is 4.34. The quantitative estimate of drug-likeness (QED) is 0.737. The van der Waals surface area contributed by atoms with E-state index in [1.807, 2.05) is 35.1 Å². The number of aromatic nitrogens is 3. The first-order chi connectivity index (χ1) is 11.1. The smallest absolute Gasteiger partial charge is 0.257 e. The van der Waals surface area contributed by atoms with Crippen molar-refractivity contribution in [2.24, 2.45) is 0 Å². The van der Waals surface area contributed by atoms with Gasteiger partial charge in [0.2, 0.25) is 0 Å². The number of hydrogen-bond donors (Lipinski definition) is 1. The fraction of sp³-hybridized carbons (Fsp3) is 0.235. The maximum atomic E-state index is 12.4. The second-order valence-electron chi connectivity index (χ2n) is 5.49. The van der Waals surface area contributed by atoms with Gasteiger partial charge in [0.1, 0.15) is 5.52 Å². The molecule has 0 bridgehead atoms. The molecule has 2 heterocycles. The summed E-state index contributed by atoms with van der Waals surface area (Å²) in [7, 11) is 0. The van der Waals surface area contributed by atoms with Crippen molar-refractivity contribution < 1.29 is 4.79 Å². The molecule has 0 fully saturated rings. The van der Waals surface area contributed by atoms with Gasteiger partial charge in [-0.15, -0.1) is 11.8 Å². The molecule has 0 aliphatic heterocycles. The Balaban J connectivity index is 1.82. The van der Waals surface area contributed by atoms with E-state index in [4.69, 9.17) is 0 Å². The minimum atomic E-state index is -0.185. The summed E-state index contributed by atoms with van der Waals surface area (Å²) in [5.41, 5.74) is 2.78. The van der Waals surface area contributed by atoms with Crippen LogP contribution in [0.4, 0.5) is 5.69 Å². The molecule has 1 aromatic carbocycles. The van der Waals surface area contributed by atoms with Gasteiger partial charge in [-0.25, -0.2) is 9.97 Å². The minimum Gasteiger partial charge on any atom is -0.322 e. The van der Waals surface area contributed by atoms with E-state index in [-0.39, 0.29) is 11.9 Å². The lowest BCUT2D eigenvalue weighted by Gasteiger charge is -2.08. The molecule has 0 radical (unpaired) electrons. The van der Waals surface area contributed by atoms with Crippen molar-refractivity contribution >= 4 is 34.5 Å². The van der Waals surface area contributed by atoms with Gasteiger partial charge in [-0.05, 0) is 50.4 Å². The van der Waals surface area contributed by atoms with Crippen LogP contribution in [0.5, 0.6) is 0 Å². The maximum Gasteiger partial charge on any atom is 0.257 e. The lowest BCUT2D eigenvalue weighted by atomic mass is 10.2. The molecule has 0 aliphatic rings. The predicted octanol–water partition coefficient (Wildman–Crippen LogP) is 3.99. The zero-order chi connectivity index (χ0) is 16.4. The summed E-state index contributed by atoms with van der Waals surface area (Å²) in [5.74, 6) is -0.185. The molecule has 2 aromatic heterocycles. The summed E-state index contributed by atoms with van der Waals surface area (Å²) in [4.78, 5) is 22.2. The normalized spacial score (nSPS) is 11.1. The molecule has 3 rings (SSSR count). The first-order valence-electron chi connectivity index (χ1n) is 7.36. The summed E-state index contributed by atoms with van der Waals surface area (Å²) in [5, 5.41) is 2.88. The third-order valence-corrected chi connectivity index (χ3v) is 4.32. The van der Waals surface area contributed by atoms with Crippen LogP contribution in [0.25, 0.3) is 11.2 Å². The van der Waals surface area contributed by atoms with E-state index in [0.29, 0.717) is 5.56 Å². The standard InChI is InChI=1S/C17H18N4OS/c1-11(2)21-10-19-15-8-12(9-18-16(15)21)17(22)20-13-4-6-14(23-3)7-5-13/h4-11H,1-3H3,(H,20,22). The van der Waals surface area contributed by atoms with Gasteiger partial charge in [0.25, 0.3) is 5.91 Å². The molecule has 0 saturated carbocycles. The molecule has 3 aromatic rings. The van der Waals surface area contributed by atoms with Gasteiger partial charge in [0, 0.05) is 22.8 Å². The zero-order valence-electron chi connectivity index (χ0n) is 13.3. The van der Waals surface area contributed by atoms with E-state index in [1.54, 1.807) is 30.4 Å². The number of anilines is 1. The number of pyridine rings is 1. The molecule has 6 heteroatoms. The van der Waals surface area contributed by atoms with Crippen molar-refractivity contribution in [2.45, 2.75) is 24.8 Å². The van der Waals surface area contributed by atoms with Crippen molar-refractivity contribution in [1.82, 2.24) is 14.5 Å². The van der Waals surface area contributed by atoms with Gasteiger partial charge >= 0.3 is 0 Å². The van der Waals surface area contributed by atoms with E-state index in [0.717, 1.165) is 21.7 Å². The average molecular weight is 326 g/mol. The van der Waals surface area contributed by atoms with Crippen molar-refractivity contribution in [3.8, 4) is 0 Å². The number of carbonyl (C=O) groups excluding carboxylic acids is 1. The molecule has 0 unspecified atom stereocenters. The number of fused-ring (bicyclic) bond motifs is 1. The second-order valence-corrected chi connectivity index (χ2v) is 6.37. The molecule has 1 amide bonds. The van der Waals surface area contributed by atoms with Crippen LogP contribution in [0.3, 0.4) is 0 Å². The molecular formula is C17H18N4OS. The number of benzene rings is 1. The van der Waals surface area contributed by atoms with E-state index < -0.39 is 0 Å². The van der Waals surface area contributed by atoms with Crippen LogP contribution < -0.4 is 5.32 Å². The molecule has 5 nitrogen and oxygen atoms in total. The molecule has 118 valence electrons. The first-order valence-corrected chi connectivity index (χ1v) is 8.59. The zero-order valence-corrected chi connectivity index (χ0v) is 14.1. The SMILES string of the molecule is CSc1ccc(NC(=O)c2cnc3c(c2)ncn3C(C)C)cc1. The molecular weight excluding hydrogens is 308 g/mol. The lowest BCUT2D eigenvalue weighted by molar-refractivity contribution is 0.102. The summed E-state index contributed by atoms with van der Waals surface area (Å²) < 4.78 is 1.98. The fourth-order valence-electron chi connectivity index (χ4n) is 2.30. The molecule has 0 spiro atoms. The molecule has 1 N–H and O–H groups in total. The Morgan fingerprint density at radius 2 is 1.96 bits per heavy atom. The number of thioether (sulfide) groups is 1. The predicted molar refractivity (Wildman–Crippen MR) is 94.1 cm³/mol. The van der Waals surface area contributed by atoms with Crippen molar-refractivity contribution in [3.05, 3.63) is 48.4 Å². The number of hydrogen-bond acceptors (Lipinski definition) is 4. The third kappa shape index (κ3) is 3.22. The number of rotatable bonds is 4. The van der Waals surface area contributed by atoms with Crippen molar-refractivity contribution in [1.29, 1.82) is 0 Å². The van der Waals surface area contributed by atoms with Crippen LogP contribution in [-0.2, 0) is 0 Å². The van der Waals surface area contributed by atoms with E-state index >= 15 is 0 Å². The highest BCUT2D eigenvalue weighted by Gasteiger charge is 2.12. The van der Waals surface area contributed by atoms with E-state index in [9.17, 15) is 4.79 Å². The van der Waals surface area contributed by atoms with Gasteiger partial charge in [0.15, 0.2) is 5.65 Å². The Hall–Kier alpha value is -2.34. The Bertz CT molecular complexity index is 839. The highest BCUT2D eigenvalue weighted by molar-refractivity contribution is 7.98. The van der Waals surface area contributed by atoms with Crippen LogP contribution in [0.1, 0.15) is 30.2 Å². The molecule has 0 saturated heterocycles. The fourth-order valence-corrected chi connectivity index (χ4v) is 2.71. The summed E-state index contributed by atoms with van der Waals surface area (Å²) >= 11 is 1.67. The molecule has 0 atom stereocenters. The van der Waals surface area contributed by atoms with E-state index in [2.05, 4.69) is 29.1 Å². The summed E-state index contributed by atoms with van der Waals surface area (Å²) in [6.07, 6.45) is 5.37. The number of nitrogens with one attached hydrogen (secondary N) is 1. The largest absolute Gasteiger partial charge is 0.322 e. The van der Waals surface area contributed by atoms with Crippen LogP contribution in [0.15, 0.2) is 47.8 Å².